The van der Waals surface area contributed by atoms with Crippen molar-refractivity contribution in [3.63, 3.8) is 0 Å². The molecule has 5 aliphatic rings. The number of carbonyl (C=O) groups excluding carboxylic acids is 2. The molecule has 1 atom stereocenters. The molecule has 5 rings (SSSR count). The molecule has 1 spiro atoms. The molecular weight excluding hydrogens is 388 g/mol. The SMILES string of the molecule is CN(C=O)NC1C=C(N2CCOC3=C2NCC(C(=O)N2CCOC24CC4)=C3)C=CN1. The normalized spacial score (nSPS) is 26.2. The van der Waals surface area contributed by atoms with Gasteiger partial charge >= 0.3 is 0 Å². The van der Waals surface area contributed by atoms with Crippen LogP contribution in [0.3, 0.4) is 0 Å². The summed E-state index contributed by atoms with van der Waals surface area (Å²) in [6.07, 6.45) is 10.0. The van der Waals surface area contributed by atoms with Crippen molar-refractivity contribution in [3.05, 3.63) is 47.3 Å². The highest BCUT2D eigenvalue weighted by atomic mass is 16.5. The van der Waals surface area contributed by atoms with Gasteiger partial charge in [0.05, 0.1) is 13.2 Å². The molecule has 1 aliphatic carbocycles. The van der Waals surface area contributed by atoms with Crippen LogP contribution in [0.2, 0.25) is 0 Å². The Hall–Kier alpha value is -2.98. The van der Waals surface area contributed by atoms with Crippen LogP contribution in [0.4, 0.5) is 0 Å². The van der Waals surface area contributed by atoms with E-state index < -0.39 is 0 Å². The first-order valence-electron chi connectivity index (χ1n) is 10.2. The topological polar surface area (TPSA) is 98.4 Å². The zero-order valence-electron chi connectivity index (χ0n) is 16.9. The summed E-state index contributed by atoms with van der Waals surface area (Å²) in [4.78, 5) is 27.9. The Morgan fingerprint density at radius 3 is 3.03 bits per heavy atom. The number of carbonyl (C=O) groups is 2. The molecule has 4 heterocycles. The summed E-state index contributed by atoms with van der Waals surface area (Å²) >= 11 is 0. The van der Waals surface area contributed by atoms with Gasteiger partial charge in [-0.15, -0.1) is 0 Å². The Morgan fingerprint density at radius 2 is 2.23 bits per heavy atom. The maximum Gasteiger partial charge on any atom is 0.254 e. The summed E-state index contributed by atoms with van der Waals surface area (Å²) in [5.41, 5.74) is 4.34. The van der Waals surface area contributed by atoms with Crippen molar-refractivity contribution in [1.82, 2.24) is 30.9 Å². The molecule has 10 heteroatoms. The quantitative estimate of drug-likeness (QED) is 0.401. The minimum absolute atomic E-state index is 0.0203. The average molecular weight is 414 g/mol. The number of ether oxygens (including phenoxy) is 2. The second-order valence-corrected chi connectivity index (χ2v) is 7.90. The van der Waals surface area contributed by atoms with Crippen LogP contribution in [0.15, 0.2) is 47.3 Å². The lowest BCUT2D eigenvalue weighted by atomic mass is 10.1. The molecule has 0 aromatic carbocycles. The Morgan fingerprint density at radius 1 is 1.37 bits per heavy atom. The maximum absolute atomic E-state index is 13.1. The molecule has 2 amide bonds. The number of amides is 2. The second kappa shape index (κ2) is 7.37. The molecule has 160 valence electrons. The molecule has 3 N–H and O–H groups in total. The largest absolute Gasteiger partial charge is 0.488 e. The van der Waals surface area contributed by atoms with E-state index in [2.05, 4.69) is 21.0 Å². The third-order valence-corrected chi connectivity index (χ3v) is 5.88. The first-order chi connectivity index (χ1) is 14.6. The minimum Gasteiger partial charge on any atom is -0.488 e. The first-order valence-corrected chi connectivity index (χ1v) is 10.2. The second-order valence-electron chi connectivity index (χ2n) is 7.90. The van der Waals surface area contributed by atoms with Crippen LogP contribution in [-0.4, -0.2) is 78.9 Å². The van der Waals surface area contributed by atoms with Crippen LogP contribution in [0.1, 0.15) is 12.8 Å². The molecular formula is C20H26N6O4. The number of hydrazine groups is 1. The molecule has 1 saturated heterocycles. The number of rotatable bonds is 5. The average Bonchev–Trinajstić information content (AvgIpc) is 3.43. The van der Waals surface area contributed by atoms with Gasteiger partial charge in [-0.3, -0.25) is 14.6 Å². The van der Waals surface area contributed by atoms with Crippen LogP contribution in [0.5, 0.6) is 0 Å². The van der Waals surface area contributed by atoms with Gasteiger partial charge in [0.2, 0.25) is 6.41 Å². The Labute approximate surface area is 174 Å². The van der Waals surface area contributed by atoms with E-state index in [0.29, 0.717) is 50.6 Å². The van der Waals surface area contributed by atoms with Gasteiger partial charge in [0, 0.05) is 31.4 Å². The number of dihydropyridines is 2. The van der Waals surface area contributed by atoms with Gasteiger partial charge in [-0.1, -0.05) is 0 Å². The lowest BCUT2D eigenvalue weighted by Crippen LogP contribution is -2.49. The number of hydrogen-bond donors (Lipinski definition) is 3. The van der Waals surface area contributed by atoms with Crippen molar-refractivity contribution in [2.45, 2.75) is 24.7 Å². The zero-order valence-corrected chi connectivity index (χ0v) is 16.9. The van der Waals surface area contributed by atoms with Crippen molar-refractivity contribution in [2.24, 2.45) is 0 Å². The summed E-state index contributed by atoms with van der Waals surface area (Å²) < 4.78 is 11.7. The summed E-state index contributed by atoms with van der Waals surface area (Å²) in [7, 11) is 1.65. The Balaban J connectivity index is 1.36. The van der Waals surface area contributed by atoms with Gasteiger partial charge in [0.1, 0.15) is 24.3 Å². The number of nitrogens with one attached hydrogen (secondary N) is 3. The van der Waals surface area contributed by atoms with Gasteiger partial charge < -0.3 is 29.9 Å². The molecule has 0 aromatic heterocycles. The highest BCUT2D eigenvalue weighted by molar-refractivity contribution is 5.95. The Kier molecular flexibility index (Phi) is 4.67. The molecule has 30 heavy (non-hydrogen) atoms. The third-order valence-electron chi connectivity index (χ3n) is 5.88. The minimum atomic E-state index is -0.354. The van der Waals surface area contributed by atoms with Crippen LogP contribution in [0, 0.1) is 0 Å². The van der Waals surface area contributed by atoms with E-state index in [1.165, 1.54) is 5.01 Å². The van der Waals surface area contributed by atoms with Crippen molar-refractivity contribution in [2.75, 3.05) is 39.9 Å². The lowest BCUT2D eigenvalue weighted by Gasteiger charge is -2.38. The molecule has 1 saturated carbocycles. The molecule has 2 fully saturated rings. The molecule has 0 bridgehead atoms. The van der Waals surface area contributed by atoms with E-state index in [1.807, 2.05) is 29.3 Å². The number of hydrogen-bond acceptors (Lipinski definition) is 8. The third kappa shape index (κ3) is 3.31. The summed E-state index contributed by atoms with van der Waals surface area (Å²) in [5, 5.41) is 7.90. The van der Waals surface area contributed by atoms with Crippen LogP contribution in [-0.2, 0) is 19.1 Å². The predicted molar refractivity (Wildman–Crippen MR) is 107 cm³/mol. The zero-order chi connectivity index (χ0) is 20.7. The van der Waals surface area contributed by atoms with Gasteiger partial charge in [0.25, 0.3) is 5.91 Å². The van der Waals surface area contributed by atoms with Crippen molar-refractivity contribution >= 4 is 12.3 Å². The van der Waals surface area contributed by atoms with E-state index in [9.17, 15) is 9.59 Å². The van der Waals surface area contributed by atoms with Crippen LogP contribution < -0.4 is 16.1 Å². The maximum atomic E-state index is 13.1. The predicted octanol–water partition coefficient (Wildman–Crippen LogP) is -0.714. The summed E-state index contributed by atoms with van der Waals surface area (Å²) in [6.45, 7) is 2.88. The standard InChI is InChI=1S/C20H26N6O4/c1-24(13-27)23-17-11-15(2-5-21-17)25-6-8-29-16-10-14(12-22-18(16)25)19(28)26-7-9-30-20(26)3-4-20/h2,5,10-11,13,17,21-23H,3-4,6-9,12H2,1H3. The smallest absolute Gasteiger partial charge is 0.254 e. The van der Waals surface area contributed by atoms with Gasteiger partial charge in [-0.05, 0) is 37.3 Å². The number of allylic oxidation sites excluding steroid dienone is 2. The monoisotopic (exact) mass is 414 g/mol. The van der Waals surface area contributed by atoms with Crippen LogP contribution >= 0.6 is 0 Å². The summed E-state index contributed by atoms with van der Waals surface area (Å²) in [6, 6.07) is 0. The van der Waals surface area contributed by atoms with E-state index in [0.717, 1.165) is 24.4 Å². The van der Waals surface area contributed by atoms with Gasteiger partial charge in [-0.2, -0.15) is 0 Å². The van der Waals surface area contributed by atoms with Crippen molar-refractivity contribution in [1.29, 1.82) is 0 Å². The van der Waals surface area contributed by atoms with Crippen LogP contribution in [0.25, 0.3) is 0 Å². The molecule has 0 radical (unpaired) electrons. The molecule has 0 aromatic rings. The number of nitrogens with zero attached hydrogens (tertiary/aromatic N) is 3. The Bertz CT molecular complexity index is 875. The highest BCUT2D eigenvalue weighted by Crippen LogP contribution is 2.46. The van der Waals surface area contributed by atoms with E-state index in [-0.39, 0.29) is 17.8 Å². The van der Waals surface area contributed by atoms with E-state index >= 15 is 0 Å². The highest BCUT2D eigenvalue weighted by Gasteiger charge is 2.55. The lowest BCUT2D eigenvalue weighted by molar-refractivity contribution is -0.133. The van der Waals surface area contributed by atoms with Crippen molar-refractivity contribution < 1.29 is 19.1 Å². The van der Waals surface area contributed by atoms with Gasteiger partial charge in [0.15, 0.2) is 5.76 Å². The molecule has 1 unspecified atom stereocenters. The van der Waals surface area contributed by atoms with Gasteiger partial charge in [-0.25, -0.2) is 5.43 Å². The van der Waals surface area contributed by atoms with Crippen molar-refractivity contribution in [3.8, 4) is 0 Å². The molecule has 4 aliphatic heterocycles. The van der Waals surface area contributed by atoms with E-state index in [1.54, 1.807) is 7.05 Å². The first kappa shape index (κ1) is 19.0. The fourth-order valence-corrected chi connectivity index (χ4v) is 4.24. The molecule has 10 nitrogen and oxygen atoms in total. The van der Waals surface area contributed by atoms with E-state index in [4.69, 9.17) is 9.47 Å². The fraction of sp³-hybridized carbons (Fsp3) is 0.500. The fourth-order valence-electron chi connectivity index (χ4n) is 4.24. The summed E-state index contributed by atoms with van der Waals surface area (Å²) in [5.74, 6) is 1.53.